The van der Waals surface area contributed by atoms with E-state index in [9.17, 15) is 0 Å². The van der Waals surface area contributed by atoms with Crippen molar-refractivity contribution in [2.75, 3.05) is 37.8 Å². The molecule has 0 saturated carbocycles. The van der Waals surface area contributed by atoms with Crippen molar-refractivity contribution >= 4 is 22.4 Å². The first-order valence-electron chi connectivity index (χ1n) is 6.94. The molecule has 20 heavy (non-hydrogen) atoms. The van der Waals surface area contributed by atoms with Crippen molar-refractivity contribution in [3.8, 4) is 0 Å². The molecule has 1 atom stereocenters. The summed E-state index contributed by atoms with van der Waals surface area (Å²) in [6.07, 6.45) is 1.61. The lowest BCUT2D eigenvalue weighted by molar-refractivity contribution is 0.372. The van der Waals surface area contributed by atoms with Crippen LogP contribution in [-0.4, -0.2) is 48.1 Å². The van der Waals surface area contributed by atoms with Gasteiger partial charge in [0.25, 0.3) is 0 Å². The maximum Gasteiger partial charge on any atom is 0.140 e. The van der Waals surface area contributed by atoms with Gasteiger partial charge in [0.2, 0.25) is 0 Å². The van der Waals surface area contributed by atoms with Gasteiger partial charge in [0.05, 0.1) is 5.52 Å². The van der Waals surface area contributed by atoms with E-state index in [2.05, 4.69) is 47.7 Å². The molecular weight excluding hydrogens is 250 g/mol. The fourth-order valence-corrected chi connectivity index (χ4v) is 2.59. The third-order valence-electron chi connectivity index (χ3n) is 3.41. The minimum atomic E-state index is 0.380. The second-order valence-electron chi connectivity index (χ2n) is 5.37. The Morgan fingerprint density at radius 3 is 2.65 bits per heavy atom. The summed E-state index contributed by atoms with van der Waals surface area (Å²) in [4.78, 5) is 13.3. The number of nitrogen functional groups attached to an aromatic ring is 1. The van der Waals surface area contributed by atoms with Gasteiger partial charge in [-0.3, -0.25) is 0 Å². The number of benzene rings is 1. The first-order chi connectivity index (χ1) is 9.52. The predicted molar refractivity (Wildman–Crippen MR) is 85.0 cm³/mol. The molecule has 0 aliphatic rings. The van der Waals surface area contributed by atoms with Crippen LogP contribution in [0.4, 0.5) is 11.5 Å². The summed E-state index contributed by atoms with van der Waals surface area (Å²) in [5.41, 5.74) is 7.45. The summed E-state index contributed by atoms with van der Waals surface area (Å²) in [7, 11) is 4.17. The van der Waals surface area contributed by atoms with Crippen molar-refractivity contribution in [1.29, 1.82) is 0 Å². The van der Waals surface area contributed by atoms with Crippen LogP contribution in [0.2, 0.25) is 0 Å². The molecule has 1 aromatic carbocycles. The van der Waals surface area contributed by atoms with E-state index in [1.54, 1.807) is 6.33 Å². The summed E-state index contributed by atoms with van der Waals surface area (Å²) in [5.74, 6) is 0.979. The molecule has 1 unspecified atom stereocenters. The molecule has 0 radical (unpaired) electrons. The molecule has 2 N–H and O–H groups in total. The summed E-state index contributed by atoms with van der Waals surface area (Å²) >= 11 is 0. The maximum absolute atomic E-state index is 5.83. The van der Waals surface area contributed by atoms with Crippen LogP contribution < -0.4 is 10.6 Å². The molecule has 108 valence electrons. The zero-order valence-corrected chi connectivity index (χ0v) is 12.7. The van der Waals surface area contributed by atoms with Crippen molar-refractivity contribution in [2.24, 2.45) is 0 Å². The number of nitrogens with two attached hydrogens (primary N) is 1. The highest BCUT2D eigenvalue weighted by Gasteiger charge is 2.17. The Morgan fingerprint density at radius 1 is 1.25 bits per heavy atom. The average Bonchev–Trinajstić information content (AvgIpc) is 2.38. The van der Waals surface area contributed by atoms with Gasteiger partial charge in [0, 0.05) is 30.2 Å². The second-order valence-corrected chi connectivity index (χ2v) is 5.37. The fourth-order valence-electron chi connectivity index (χ4n) is 2.59. The van der Waals surface area contributed by atoms with Crippen molar-refractivity contribution in [3.63, 3.8) is 0 Å². The van der Waals surface area contributed by atoms with Gasteiger partial charge in [-0.15, -0.1) is 0 Å². The number of likely N-dealkylation sites (N-methyl/N-ethyl adjacent to an activating group) is 2. The molecule has 0 aliphatic heterocycles. The Labute approximate surface area is 120 Å². The van der Waals surface area contributed by atoms with E-state index in [1.165, 1.54) is 0 Å². The fraction of sp³-hybridized carbons (Fsp3) is 0.467. The van der Waals surface area contributed by atoms with Gasteiger partial charge in [0.1, 0.15) is 12.1 Å². The molecular formula is C15H23N5. The highest BCUT2D eigenvalue weighted by molar-refractivity contribution is 5.91. The SMILES string of the molecule is CCN(c1ncnc2cc(N)ccc12)C(C)CN(C)C. The third-order valence-corrected chi connectivity index (χ3v) is 3.41. The number of hydrogen-bond acceptors (Lipinski definition) is 5. The smallest absolute Gasteiger partial charge is 0.140 e. The van der Waals surface area contributed by atoms with Crippen LogP contribution >= 0.6 is 0 Å². The van der Waals surface area contributed by atoms with Gasteiger partial charge in [0.15, 0.2) is 0 Å². The van der Waals surface area contributed by atoms with E-state index >= 15 is 0 Å². The first-order valence-corrected chi connectivity index (χ1v) is 6.94. The molecule has 2 aromatic rings. The first kappa shape index (κ1) is 14.5. The Hall–Kier alpha value is -1.88. The molecule has 5 heteroatoms. The van der Waals surface area contributed by atoms with Crippen molar-refractivity contribution in [3.05, 3.63) is 24.5 Å². The van der Waals surface area contributed by atoms with E-state index in [1.807, 2.05) is 18.2 Å². The predicted octanol–water partition coefficient (Wildman–Crippen LogP) is 1.99. The Morgan fingerprint density at radius 2 is 2.00 bits per heavy atom. The molecule has 0 spiro atoms. The molecule has 0 saturated heterocycles. The number of aromatic nitrogens is 2. The van der Waals surface area contributed by atoms with Gasteiger partial charge >= 0.3 is 0 Å². The lowest BCUT2D eigenvalue weighted by Gasteiger charge is -2.31. The summed E-state index contributed by atoms with van der Waals surface area (Å²) < 4.78 is 0. The van der Waals surface area contributed by atoms with Crippen LogP contribution in [0.1, 0.15) is 13.8 Å². The molecule has 5 nitrogen and oxygen atoms in total. The van der Waals surface area contributed by atoms with Crippen LogP contribution in [0.3, 0.4) is 0 Å². The summed E-state index contributed by atoms with van der Waals surface area (Å²) in [5, 5.41) is 1.05. The van der Waals surface area contributed by atoms with Crippen LogP contribution in [0, 0.1) is 0 Å². The molecule has 0 bridgehead atoms. The molecule has 1 aromatic heterocycles. The molecule has 2 rings (SSSR count). The number of nitrogens with zero attached hydrogens (tertiary/aromatic N) is 4. The van der Waals surface area contributed by atoms with Gasteiger partial charge in [-0.05, 0) is 46.1 Å². The van der Waals surface area contributed by atoms with Crippen LogP contribution in [0.5, 0.6) is 0 Å². The summed E-state index contributed by atoms with van der Waals surface area (Å²) in [6.45, 7) is 6.26. The maximum atomic E-state index is 5.83. The Kier molecular flexibility index (Phi) is 4.39. The highest BCUT2D eigenvalue weighted by Crippen LogP contribution is 2.25. The molecule has 0 fully saturated rings. The van der Waals surface area contributed by atoms with Crippen molar-refractivity contribution in [1.82, 2.24) is 14.9 Å². The molecule has 1 heterocycles. The van der Waals surface area contributed by atoms with E-state index in [-0.39, 0.29) is 0 Å². The van der Waals surface area contributed by atoms with Crippen molar-refractivity contribution in [2.45, 2.75) is 19.9 Å². The number of hydrogen-bond donors (Lipinski definition) is 1. The summed E-state index contributed by atoms with van der Waals surface area (Å²) in [6, 6.07) is 6.18. The third kappa shape index (κ3) is 2.99. The zero-order valence-electron chi connectivity index (χ0n) is 12.7. The van der Waals surface area contributed by atoms with Gasteiger partial charge in [-0.1, -0.05) is 0 Å². The van der Waals surface area contributed by atoms with E-state index < -0.39 is 0 Å². The zero-order chi connectivity index (χ0) is 14.7. The second kappa shape index (κ2) is 6.05. The number of fused-ring (bicyclic) bond motifs is 1. The van der Waals surface area contributed by atoms with Crippen LogP contribution in [0.25, 0.3) is 10.9 Å². The average molecular weight is 273 g/mol. The van der Waals surface area contributed by atoms with Gasteiger partial charge in [-0.25, -0.2) is 9.97 Å². The van der Waals surface area contributed by atoms with E-state index in [4.69, 9.17) is 5.73 Å². The van der Waals surface area contributed by atoms with Gasteiger partial charge in [-0.2, -0.15) is 0 Å². The number of anilines is 2. The Balaban J connectivity index is 2.44. The quantitative estimate of drug-likeness (QED) is 0.844. The van der Waals surface area contributed by atoms with E-state index in [0.717, 1.165) is 35.5 Å². The molecule has 0 aliphatic carbocycles. The number of rotatable bonds is 5. The highest BCUT2D eigenvalue weighted by atomic mass is 15.2. The monoisotopic (exact) mass is 273 g/mol. The molecule has 0 amide bonds. The lowest BCUT2D eigenvalue weighted by Crippen LogP contribution is -2.40. The van der Waals surface area contributed by atoms with Crippen LogP contribution in [-0.2, 0) is 0 Å². The Bertz CT molecular complexity index is 581. The largest absolute Gasteiger partial charge is 0.399 e. The van der Waals surface area contributed by atoms with Gasteiger partial charge < -0.3 is 15.5 Å². The topological polar surface area (TPSA) is 58.3 Å². The lowest BCUT2D eigenvalue weighted by atomic mass is 10.1. The van der Waals surface area contributed by atoms with Crippen LogP contribution in [0.15, 0.2) is 24.5 Å². The van der Waals surface area contributed by atoms with E-state index in [0.29, 0.717) is 6.04 Å². The van der Waals surface area contributed by atoms with Crippen molar-refractivity contribution < 1.29 is 0 Å². The standard InChI is InChI=1S/C15H23N5/c1-5-20(11(2)9-19(3)4)15-13-7-6-12(16)8-14(13)17-10-18-15/h6-8,10-11H,5,9,16H2,1-4H3. The minimum Gasteiger partial charge on any atom is -0.399 e. The minimum absolute atomic E-state index is 0.380. The normalized spacial score (nSPS) is 12.8.